The summed E-state index contributed by atoms with van der Waals surface area (Å²) in [5, 5.41) is 21.1. The van der Waals surface area contributed by atoms with Crippen molar-refractivity contribution in [2.24, 2.45) is 0 Å². The second kappa shape index (κ2) is 19.3. The molecule has 3 aliphatic heterocycles. The third-order valence-electron chi connectivity index (χ3n) is 11.3. The zero-order chi connectivity index (χ0) is 44.2. The second-order valence-electron chi connectivity index (χ2n) is 15.9. The molecule has 2 N–H and O–H groups in total. The van der Waals surface area contributed by atoms with E-state index in [1.807, 2.05) is 20.0 Å². The summed E-state index contributed by atoms with van der Waals surface area (Å²) in [5.41, 5.74) is 4.52. The molecule has 3 saturated heterocycles. The Labute approximate surface area is 378 Å². The molecule has 0 bridgehead atoms. The summed E-state index contributed by atoms with van der Waals surface area (Å²) in [6.45, 7) is 14.1. The quantitative estimate of drug-likeness (QED) is 0.113. The standard InChI is InChI=1S/C20H19FN2O2S.C13H16BFO4.C13H13BrN2S/c1-25-17-11-14(10-16(21)19(17)24)18-12-22-20(26-18)13-4-6-15(7-5-13)23-8-2-3-9-23;1-12(2)13(3,4)19-14(18-12)8-6-9(15)11(16)10(7-8)17-5;14-12-9-15-13(17-12)10-3-5-11(6-4-10)16-7-1-2-8-16/h4-7,10-12,24H,2-3,8-9H2,1H3;6-7H,1H2,2-5H3;3-6,9H,1-2,7-8H2/p+1. The molecule has 16 heteroatoms. The maximum absolute atomic E-state index is 13.9. The van der Waals surface area contributed by atoms with Crippen LogP contribution in [0.25, 0.3) is 31.6 Å². The maximum Gasteiger partial charge on any atom is 0.498 e. The van der Waals surface area contributed by atoms with Crippen molar-refractivity contribution in [2.75, 3.05) is 50.2 Å². The molecule has 3 fully saturated rings. The number of aromatic hydroxyl groups is 2. The molecule has 2 aromatic heterocycles. The Kier molecular flexibility index (Phi) is 14.0. The van der Waals surface area contributed by atoms with E-state index in [1.54, 1.807) is 30.5 Å². The zero-order valence-electron chi connectivity index (χ0n) is 35.3. The molecule has 62 heavy (non-hydrogen) atoms. The van der Waals surface area contributed by atoms with E-state index in [2.05, 4.69) is 91.2 Å². The lowest BCUT2D eigenvalue weighted by atomic mass is 9.79. The van der Waals surface area contributed by atoms with Crippen LogP contribution in [0.15, 0.2) is 89.0 Å². The lowest BCUT2D eigenvalue weighted by Crippen LogP contribution is -2.42. The highest BCUT2D eigenvalue weighted by Gasteiger charge is 2.57. The molecule has 9 rings (SSSR count). The van der Waals surface area contributed by atoms with Gasteiger partial charge in [-0.3, -0.25) is 0 Å². The van der Waals surface area contributed by atoms with Gasteiger partial charge in [0, 0.05) is 67.4 Å². The fourth-order valence-corrected chi connectivity index (χ4v) is 9.32. The van der Waals surface area contributed by atoms with Gasteiger partial charge in [0.15, 0.2) is 34.6 Å². The number of benzene rings is 4. The summed E-state index contributed by atoms with van der Waals surface area (Å²) in [6.07, 6.45) is 8.73. The molecule has 4 aromatic carbocycles. The average molecular weight is 947 g/mol. The first-order chi connectivity index (χ1) is 29.7. The molecule has 0 amide bonds. The Balaban J connectivity index is 0.000000144. The van der Waals surface area contributed by atoms with Gasteiger partial charge >= 0.3 is 7.12 Å². The number of phenols is 2. The number of thiazole rings is 2. The van der Waals surface area contributed by atoms with Gasteiger partial charge in [-0.05, 0) is 134 Å². The minimum absolute atomic E-state index is 0.0395. The summed E-state index contributed by atoms with van der Waals surface area (Å²) >= 11 is 6.60. The normalized spacial score (nSPS) is 18.0. The van der Waals surface area contributed by atoms with Gasteiger partial charge in [-0.25, -0.2) is 18.7 Å². The molecular formula is C46H49BBrF2N4O6S2+. The molecule has 5 heterocycles. The van der Waals surface area contributed by atoms with Gasteiger partial charge in [0.25, 0.3) is 0 Å². The minimum Gasteiger partial charge on any atom is -0.502 e. The molecule has 3 aliphatic rings. The highest BCUT2D eigenvalue weighted by Crippen LogP contribution is 2.40. The van der Waals surface area contributed by atoms with Crippen molar-refractivity contribution in [3.05, 3.63) is 108 Å². The highest BCUT2D eigenvalue weighted by molar-refractivity contribution is 9.11. The molecule has 0 spiro atoms. The van der Waals surface area contributed by atoms with Crippen molar-refractivity contribution in [3.63, 3.8) is 0 Å². The monoisotopic (exact) mass is 945 g/mol. The van der Waals surface area contributed by atoms with Crippen LogP contribution in [-0.4, -0.2) is 78.9 Å². The van der Waals surface area contributed by atoms with Gasteiger partial charge in [0.2, 0.25) is 5.60 Å². The summed E-state index contributed by atoms with van der Waals surface area (Å²) in [6, 6.07) is 22.7. The third kappa shape index (κ3) is 10.2. The van der Waals surface area contributed by atoms with E-state index in [0.29, 0.717) is 11.0 Å². The number of nitrogens with zero attached hydrogens (tertiary/aromatic N) is 4. The molecule has 0 radical (unpaired) electrons. The first-order valence-electron chi connectivity index (χ1n) is 20.3. The average Bonchev–Trinajstić information content (AvgIpc) is 4.13. The van der Waals surface area contributed by atoms with Crippen molar-refractivity contribution in [1.29, 1.82) is 0 Å². The Morgan fingerprint density at radius 2 is 1.18 bits per heavy atom. The summed E-state index contributed by atoms with van der Waals surface area (Å²) in [7, 11) is 2.00. The molecule has 324 valence electrons. The Morgan fingerprint density at radius 3 is 1.65 bits per heavy atom. The van der Waals surface area contributed by atoms with E-state index < -0.39 is 41.5 Å². The van der Waals surface area contributed by atoms with E-state index >= 15 is 0 Å². The first kappa shape index (κ1) is 45.2. The smallest absolute Gasteiger partial charge is 0.498 e. The topological polar surface area (TPSA) is 110 Å². The van der Waals surface area contributed by atoms with Crippen LogP contribution in [0.3, 0.4) is 0 Å². The number of anilines is 2. The van der Waals surface area contributed by atoms with Gasteiger partial charge in [0.1, 0.15) is 15.6 Å². The molecule has 1 unspecified atom stereocenters. The fraction of sp³-hybridized carbons (Fsp3) is 0.326. The Morgan fingerprint density at radius 1 is 0.694 bits per heavy atom. The van der Waals surface area contributed by atoms with Gasteiger partial charge in [-0.2, -0.15) is 0 Å². The number of ether oxygens (including phenoxy) is 2. The third-order valence-corrected chi connectivity index (χ3v) is 13.9. The van der Waals surface area contributed by atoms with Crippen LogP contribution < -0.4 is 24.7 Å². The molecular weight excluding hydrogens is 897 g/mol. The molecule has 6 aromatic rings. The largest absolute Gasteiger partial charge is 0.502 e. The van der Waals surface area contributed by atoms with Crippen LogP contribution in [0.5, 0.6) is 23.0 Å². The minimum atomic E-state index is -0.781. The predicted octanol–water partition coefficient (Wildman–Crippen LogP) is 10.8. The summed E-state index contributed by atoms with van der Waals surface area (Å²) in [4.78, 5) is 14.5. The Bertz CT molecular complexity index is 2440. The number of hydrogen-bond acceptors (Lipinski definition) is 12. The number of rotatable bonds is 8. The maximum atomic E-state index is 13.9. The molecule has 10 nitrogen and oxygen atoms in total. The van der Waals surface area contributed by atoms with E-state index in [-0.39, 0.29) is 11.5 Å². The van der Waals surface area contributed by atoms with Crippen molar-refractivity contribution < 1.29 is 37.8 Å². The Hall–Kier alpha value is -4.87. The molecule has 1 atom stereocenters. The van der Waals surface area contributed by atoms with E-state index in [9.17, 15) is 19.0 Å². The van der Waals surface area contributed by atoms with Crippen LogP contribution in [0.1, 0.15) is 46.5 Å². The number of hydrogen-bond donors (Lipinski definition) is 2. The van der Waals surface area contributed by atoms with E-state index in [4.69, 9.17) is 18.8 Å². The van der Waals surface area contributed by atoms with Crippen molar-refractivity contribution in [2.45, 2.75) is 57.7 Å². The molecule has 0 aliphatic carbocycles. The molecule has 0 saturated carbocycles. The van der Waals surface area contributed by atoms with Gasteiger partial charge in [-0.1, -0.05) is 0 Å². The predicted molar refractivity (Wildman–Crippen MR) is 249 cm³/mol. The summed E-state index contributed by atoms with van der Waals surface area (Å²) in [5.74, 6) is -2.33. The zero-order valence-corrected chi connectivity index (χ0v) is 38.5. The van der Waals surface area contributed by atoms with Gasteiger partial charge < -0.3 is 38.8 Å². The number of aromatic nitrogens is 2. The van der Waals surface area contributed by atoms with E-state index in [0.717, 1.165) is 37.3 Å². The lowest BCUT2D eigenvalue weighted by molar-refractivity contribution is 0.0262. The second-order valence-corrected chi connectivity index (χ2v) is 19.3. The number of halogens is 3. The van der Waals surface area contributed by atoms with Crippen LogP contribution >= 0.6 is 38.6 Å². The van der Waals surface area contributed by atoms with Crippen molar-refractivity contribution in [3.8, 4) is 54.6 Å². The lowest BCUT2D eigenvalue weighted by Gasteiger charge is -2.25. The van der Waals surface area contributed by atoms with Crippen LogP contribution in [0.2, 0.25) is 0 Å². The first-order valence-corrected chi connectivity index (χ1v) is 22.7. The van der Waals surface area contributed by atoms with Crippen molar-refractivity contribution in [1.82, 2.24) is 9.97 Å². The number of phenolic OH excluding ortho intramolecular Hbond substituents is 2. The van der Waals surface area contributed by atoms with Gasteiger partial charge in [0.05, 0.1) is 36.0 Å². The van der Waals surface area contributed by atoms with Crippen LogP contribution in [-0.2, 0) is 9.31 Å². The van der Waals surface area contributed by atoms with Crippen LogP contribution in [0, 0.1) is 18.6 Å². The highest BCUT2D eigenvalue weighted by atomic mass is 79.9. The van der Waals surface area contributed by atoms with Crippen molar-refractivity contribution >= 4 is 62.6 Å². The van der Waals surface area contributed by atoms with E-state index in [1.165, 1.54) is 99.5 Å². The van der Waals surface area contributed by atoms with Gasteiger partial charge in [-0.15, -0.1) is 22.7 Å². The fourth-order valence-electron chi connectivity index (χ4n) is 7.20. The SMILES string of the molecule is Brc1cnc(-c2ccc(N3CCCC3)cc2)s1.COc1cc(-c2cnc(-c3ccc(N4CCCC4)cc3)s2)cc(F)c1O.[CH2+]C1(C)OB(c2cc(F)c(O)c(OC)c2)OC1(C)C. The summed E-state index contributed by atoms with van der Waals surface area (Å²) < 4.78 is 50.0. The number of methoxy groups -OCH3 is 2. The van der Waals surface area contributed by atoms with Crippen LogP contribution in [0.4, 0.5) is 20.2 Å².